The lowest BCUT2D eigenvalue weighted by Gasteiger charge is -2.18. The SMILES string of the molecule is COC(=O)C(Br)CNC(=O)C(C)(C)C. The number of carbonyl (C=O) groups is 2. The number of amides is 1. The fourth-order valence-electron chi connectivity index (χ4n) is 0.659. The molecule has 0 aromatic carbocycles. The predicted molar refractivity (Wildman–Crippen MR) is 57.2 cm³/mol. The molecule has 0 saturated carbocycles. The number of carbonyl (C=O) groups excluding carboxylic acids is 2. The van der Waals surface area contributed by atoms with Gasteiger partial charge in [-0.3, -0.25) is 9.59 Å². The molecule has 0 radical (unpaired) electrons. The van der Waals surface area contributed by atoms with Crippen LogP contribution in [0.5, 0.6) is 0 Å². The highest BCUT2D eigenvalue weighted by Gasteiger charge is 2.23. The summed E-state index contributed by atoms with van der Waals surface area (Å²) >= 11 is 3.11. The zero-order valence-electron chi connectivity index (χ0n) is 8.89. The van der Waals surface area contributed by atoms with Crippen molar-refractivity contribution in [2.24, 2.45) is 5.41 Å². The van der Waals surface area contributed by atoms with Crippen LogP contribution >= 0.6 is 15.9 Å². The lowest BCUT2D eigenvalue weighted by Crippen LogP contribution is -2.40. The quantitative estimate of drug-likeness (QED) is 0.614. The molecule has 0 aliphatic rings. The van der Waals surface area contributed by atoms with Gasteiger partial charge in [0, 0.05) is 12.0 Å². The van der Waals surface area contributed by atoms with Crippen LogP contribution in [-0.2, 0) is 14.3 Å². The molecule has 82 valence electrons. The molecule has 0 aliphatic carbocycles. The fraction of sp³-hybridized carbons (Fsp3) is 0.778. The molecule has 1 atom stereocenters. The Morgan fingerprint density at radius 3 is 2.29 bits per heavy atom. The first-order valence-electron chi connectivity index (χ1n) is 4.29. The van der Waals surface area contributed by atoms with Crippen LogP contribution < -0.4 is 5.32 Å². The van der Waals surface area contributed by atoms with E-state index in [-0.39, 0.29) is 18.4 Å². The maximum Gasteiger partial charge on any atom is 0.321 e. The van der Waals surface area contributed by atoms with Gasteiger partial charge < -0.3 is 10.1 Å². The Morgan fingerprint density at radius 1 is 1.43 bits per heavy atom. The molecule has 1 amide bonds. The molecule has 1 unspecified atom stereocenters. The van der Waals surface area contributed by atoms with Gasteiger partial charge in [0.05, 0.1) is 7.11 Å². The van der Waals surface area contributed by atoms with Crippen molar-refractivity contribution in [1.29, 1.82) is 0 Å². The molecule has 5 heteroatoms. The van der Waals surface area contributed by atoms with E-state index in [4.69, 9.17) is 0 Å². The number of hydrogen-bond donors (Lipinski definition) is 1. The molecule has 0 heterocycles. The third-order valence-electron chi connectivity index (χ3n) is 1.58. The summed E-state index contributed by atoms with van der Waals surface area (Å²) in [5.41, 5.74) is -0.442. The van der Waals surface area contributed by atoms with E-state index >= 15 is 0 Å². The number of rotatable bonds is 3. The second-order valence-electron chi connectivity index (χ2n) is 3.95. The topological polar surface area (TPSA) is 55.4 Å². The van der Waals surface area contributed by atoms with Gasteiger partial charge in [-0.05, 0) is 0 Å². The number of ether oxygens (including phenoxy) is 1. The Labute approximate surface area is 92.5 Å². The van der Waals surface area contributed by atoms with E-state index in [1.54, 1.807) is 0 Å². The molecule has 0 rings (SSSR count). The summed E-state index contributed by atoms with van der Waals surface area (Å²) in [4.78, 5) is 21.9. The van der Waals surface area contributed by atoms with Crippen molar-refractivity contribution >= 4 is 27.8 Å². The first-order chi connectivity index (χ1) is 6.29. The first-order valence-corrected chi connectivity index (χ1v) is 5.20. The maximum atomic E-state index is 11.4. The minimum atomic E-state index is -0.487. The molecule has 0 saturated heterocycles. The number of nitrogens with one attached hydrogen (secondary N) is 1. The summed E-state index contributed by atoms with van der Waals surface area (Å²) in [6.45, 7) is 5.67. The summed E-state index contributed by atoms with van der Waals surface area (Å²) in [6.07, 6.45) is 0. The van der Waals surface area contributed by atoms with E-state index in [0.717, 1.165) is 0 Å². The number of hydrogen-bond acceptors (Lipinski definition) is 3. The largest absolute Gasteiger partial charge is 0.468 e. The second-order valence-corrected chi connectivity index (χ2v) is 5.06. The van der Waals surface area contributed by atoms with Crippen LogP contribution in [0, 0.1) is 5.41 Å². The molecule has 0 aromatic rings. The van der Waals surface area contributed by atoms with Gasteiger partial charge in [0.1, 0.15) is 4.83 Å². The van der Waals surface area contributed by atoms with Gasteiger partial charge in [-0.2, -0.15) is 0 Å². The number of alkyl halides is 1. The number of halogens is 1. The minimum Gasteiger partial charge on any atom is -0.468 e. The summed E-state index contributed by atoms with van der Waals surface area (Å²) in [5, 5.41) is 2.65. The van der Waals surface area contributed by atoms with E-state index < -0.39 is 10.2 Å². The molecular weight excluding hydrogens is 250 g/mol. The summed E-state index contributed by atoms with van der Waals surface area (Å²) in [6, 6.07) is 0. The van der Waals surface area contributed by atoms with Crippen molar-refractivity contribution < 1.29 is 14.3 Å². The van der Waals surface area contributed by atoms with E-state index in [2.05, 4.69) is 26.0 Å². The lowest BCUT2D eigenvalue weighted by molar-refractivity contribution is -0.139. The first kappa shape index (κ1) is 13.4. The van der Waals surface area contributed by atoms with Crippen molar-refractivity contribution in [2.75, 3.05) is 13.7 Å². The highest BCUT2D eigenvalue weighted by atomic mass is 79.9. The van der Waals surface area contributed by atoms with Gasteiger partial charge in [-0.25, -0.2) is 0 Å². The Balaban J connectivity index is 3.96. The fourth-order valence-corrected chi connectivity index (χ4v) is 1.01. The smallest absolute Gasteiger partial charge is 0.321 e. The predicted octanol–water partition coefficient (Wildman–Crippen LogP) is 1.09. The van der Waals surface area contributed by atoms with Gasteiger partial charge in [0.15, 0.2) is 0 Å². The van der Waals surface area contributed by atoms with Gasteiger partial charge in [0.2, 0.25) is 5.91 Å². The lowest BCUT2D eigenvalue weighted by atomic mass is 9.96. The van der Waals surface area contributed by atoms with Crippen molar-refractivity contribution in [3.05, 3.63) is 0 Å². The van der Waals surface area contributed by atoms with Crippen LogP contribution in [0.2, 0.25) is 0 Å². The van der Waals surface area contributed by atoms with E-state index in [9.17, 15) is 9.59 Å². The average Bonchev–Trinajstić information content (AvgIpc) is 2.10. The van der Waals surface area contributed by atoms with Gasteiger partial charge in [0.25, 0.3) is 0 Å². The highest BCUT2D eigenvalue weighted by molar-refractivity contribution is 9.10. The molecule has 14 heavy (non-hydrogen) atoms. The van der Waals surface area contributed by atoms with Crippen molar-refractivity contribution in [2.45, 2.75) is 25.6 Å². The van der Waals surface area contributed by atoms with Crippen LogP contribution in [0.4, 0.5) is 0 Å². The molecule has 0 bridgehead atoms. The summed E-state index contributed by atoms with van der Waals surface area (Å²) < 4.78 is 4.49. The molecule has 1 N–H and O–H groups in total. The zero-order chi connectivity index (χ0) is 11.4. The summed E-state index contributed by atoms with van der Waals surface area (Å²) in [7, 11) is 1.31. The Bertz CT molecular complexity index is 223. The average molecular weight is 266 g/mol. The number of methoxy groups -OCH3 is 1. The van der Waals surface area contributed by atoms with E-state index in [1.807, 2.05) is 20.8 Å². The van der Waals surface area contributed by atoms with Gasteiger partial charge >= 0.3 is 5.97 Å². The normalized spacial score (nSPS) is 13.2. The third kappa shape index (κ3) is 4.60. The van der Waals surface area contributed by atoms with E-state index in [1.165, 1.54) is 7.11 Å². The minimum absolute atomic E-state index is 0.0918. The van der Waals surface area contributed by atoms with E-state index in [0.29, 0.717) is 0 Å². The second kappa shape index (κ2) is 5.34. The Kier molecular flexibility index (Phi) is 5.12. The molecular formula is C9H16BrNO3. The Morgan fingerprint density at radius 2 is 1.93 bits per heavy atom. The van der Waals surface area contributed by atoms with Crippen LogP contribution in [0.1, 0.15) is 20.8 Å². The molecule has 0 spiro atoms. The van der Waals surface area contributed by atoms with Crippen LogP contribution in [0.3, 0.4) is 0 Å². The van der Waals surface area contributed by atoms with Crippen molar-refractivity contribution in [1.82, 2.24) is 5.32 Å². The molecule has 0 fully saturated rings. The molecule has 0 aromatic heterocycles. The third-order valence-corrected chi connectivity index (χ3v) is 2.28. The van der Waals surface area contributed by atoms with Crippen molar-refractivity contribution in [3.63, 3.8) is 0 Å². The zero-order valence-corrected chi connectivity index (χ0v) is 10.5. The molecule has 4 nitrogen and oxygen atoms in total. The standard InChI is InChI=1S/C9H16BrNO3/c1-9(2,3)8(13)11-5-6(10)7(12)14-4/h6H,5H2,1-4H3,(H,11,13). The van der Waals surface area contributed by atoms with Crippen LogP contribution in [0.25, 0.3) is 0 Å². The Hall–Kier alpha value is -0.580. The van der Waals surface area contributed by atoms with Gasteiger partial charge in [-0.1, -0.05) is 36.7 Å². The maximum absolute atomic E-state index is 11.4. The molecule has 0 aliphatic heterocycles. The summed E-state index contributed by atoms with van der Waals surface area (Å²) in [5.74, 6) is -0.481. The van der Waals surface area contributed by atoms with Gasteiger partial charge in [-0.15, -0.1) is 0 Å². The highest BCUT2D eigenvalue weighted by Crippen LogP contribution is 2.12. The monoisotopic (exact) mass is 265 g/mol. The number of esters is 1. The van der Waals surface area contributed by atoms with Crippen molar-refractivity contribution in [3.8, 4) is 0 Å². The van der Waals surface area contributed by atoms with Crippen LogP contribution in [0.15, 0.2) is 0 Å². The van der Waals surface area contributed by atoms with Crippen LogP contribution in [-0.4, -0.2) is 30.4 Å².